The Morgan fingerprint density at radius 3 is 1.43 bits per heavy atom. The number of hydrogen-bond acceptors (Lipinski definition) is 3. The molecular weight excluding hydrogens is 729 g/mol. The molecule has 0 saturated carbocycles. The summed E-state index contributed by atoms with van der Waals surface area (Å²) >= 11 is 0. The number of fused-ring (bicyclic) bond motifs is 14. The van der Waals surface area contributed by atoms with E-state index in [1.807, 2.05) is 6.07 Å². The Hall–Kier alpha value is -7.35. The van der Waals surface area contributed by atoms with Gasteiger partial charge in [-0.15, -0.1) is 0 Å². The highest BCUT2D eigenvalue weighted by Gasteiger charge is 2.28. The van der Waals surface area contributed by atoms with Gasteiger partial charge in [0.05, 0.1) is 38.8 Å². The number of aromatic nitrogens is 4. The topological polar surface area (TPSA) is 53.4 Å². The zero-order chi connectivity index (χ0) is 38.3. The predicted octanol–water partition coefficient (Wildman–Crippen LogP) is 12.1. The minimum absolute atomic E-state index is 0.877. The van der Waals surface area contributed by atoms with Crippen LogP contribution >= 0.6 is 0 Å². The molecule has 0 unspecified atom stereocenters. The van der Waals surface area contributed by atoms with Crippen molar-refractivity contribution < 1.29 is 8.83 Å². The van der Waals surface area contributed by atoms with Gasteiger partial charge in [-0.3, -0.25) is 8.97 Å². The van der Waals surface area contributed by atoms with Gasteiger partial charge in [-0.25, -0.2) is 4.98 Å². The summed E-state index contributed by atoms with van der Waals surface area (Å²) < 4.78 is 19.9. The van der Waals surface area contributed by atoms with Gasteiger partial charge in [0, 0.05) is 38.0 Å². The smallest absolute Gasteiger partial charge is 0.220 e. The fourth-order valence-corrected chi connectivity index (χ4v) is 11.9. The average Bonchev–Trinajstić information content (AvgIpc) is 4.07. The van der Waals surface area contributed by atoms with Crippen molar-refractivity contribution in [3.63, 3.8) is 0 Å². The monoisotopic (exact) mass is 762 g/mol. The van der Waals surface area contributed by atoms with Crippen molar-refractivity contribution >= 4 is 112 Å². The van der Waals surface area contributed by atoms with E-state index in [1.165, 1.54) is 32.2 Å². The van der Waals surface area contributed by atoms with E-state index in [0.717, 1.165) is 83.1 Å². The van der Waals surface area contributed by atoms with Gasteiger partial charge >= 0.3 is 0 Å². The molecule has 6 nitrogen and oxygen atoms in total. The molecule has 0 bridgehead atoms. The molecule has 274 valence electrons. The van der Waals surface area contributed by atoms with E-state index >= 15 is 0 Å². The maximum atomic E-state index is 6.48. The lowest BCUT2D eigenvalue weighted by Crippen LogP contribution is -2.52. The van der Waals surface area contributed by atoms with Crippen molar-refractivity contribution in [2.24, 2.45) is 0 Å². The van der Waals surface area contributed by atoms with Crippen LogP contribution in [0.25, 0.3) is 105 Å². The average molecular weight is 763 g/mol. The molecule has 13 rings (SSSR count). The van der Waals surface area contributed by atoms with Crippen LogP contribution in [0.15, 0.2) is 179 Å². The van der Waals surface area contributed by atoms with Crippen LogP contribution in [0.4, 0.5) is 0 Å². The molecule has 0 atom stereocenters. The van der Waals surface area contributed by atoms with Gasteiger partial charge in [0.15, 0.2) is 0 Å². The third-order valence-electron chi connectivity index (χ3n) is 12.6. The van der Waals surface area contributed by atoms with Crippen molar-refractivity contribution in [2.75, 3.05) is 0 Å². The SMILES string of the molecule is C[Si](C)(c1ccc2oc3ccc(-n4c5ccccc5c5ccccc54)cc3c2c1)c1ccc2oc3ccc(-n4c5ccccc5n5c6ccccc6nc45)cc3c2c1. The van der Waals surface area contributed by atoms with Crippen molar-refractivity contribution in [3.8, 4) is 11.4 Å². The highest BCUT2D eigenvalue weighted by molar-refractivity contribution is 7.00. The first kappa shape index (κ1) is 31.8. The summed E-state index contributed by atoms with van der Waals surface area (Å²) in [6.07, 6.45) is 0. The summed E-state index contributed by atoms with van der Waals surface area (Å²) in [5.74, 6) is 0.896. The van der Waals surface area contributed by atoms with Crippen LogP contribution in [0.2, 0.25) is 13.1 Å². The maximum Gasteiger partial charge on any atom is 0.220 e. The van der Waals surface area contributed by atoms with Crippen LogP contribution in [-0.4, -0.2) is 26.6 Å². The summed E-state index contributed by atoms with van der Waals surface area (Å²) in [5, 5.41) is 9.71. The number of nitrogens with zero attached hydrogens (tertiary/aromatic N) is 4. The third kappa shape index (κ3) is 4.28. The molecule has 0 aliphatic carbocycles. The van der Waals surface area contributed by atoms with E-state index < -0.39 is 8.07 Å². The Bertz CT molecular complexity index is 3800. The molecule has 0 amide bonds. The molecule has 58 heavy (non-hydrogen) atoms. The second kappa shape index (κ2) is 11.4. The Kier molecular flexibility index (Phi) is 6.24. The van der Waals surface area contributed by atoms with Gasteiger partial charge in [-0.05, 0) is 84.9 Å². The summed E-state index contributed by atoms with van der Waals surface area (Å²) in [4.78, 5) is 5.12. The fourth-order valence-electron chi connectivity index (χ4n) is 9.56. The molecule has 0 spiro atoms. The standard InChI is InChI=1S/C51H34N4O2Si/c1-58(2,33-21-25-49-39(29-33)37-27-31(19-23-47(37)56-49)53-42-14-6-3-11-35(42)36-12-4-7-15-43(36)53)34-22-26-50-40(30-34)38-28-32(20-24-48(38)57-50)54-45-17-9-10-18-46(45)55-44-16-8-5-13-41(44)52-51(54)55/h3-30H,1-2H3. The van der Waals surface area contributed by atoms with Crippen LogP contribution in [0.3, 0.4) is 0 Å². The van der Waals surface area contributed by atoms with Crippen LogP contribution in [0.1, 0.15) is 0 Å². The zero-order valence-corrected chi connectivity index (χ0v) is 32.8. The molecule has 0 aliphatic heterocycles. The number of furan rings is 2. The van der Waals surface area contributed by atoms with Crippen LogP contribution < -0.4 is 10.4 Å². The first-order chi connectivity index (χ1) is 28.5. The van der Waals surface area contributed by atoms with Crippen LogP contribution in [0.5, 0.6) is 0 Å². The number of para-hydroxylation sites is 6. The van der Waals surface area contributed by atoms with E-state index in [9.17, 15) is 0 Å². The molecular formula is C51H34N4O2Si. The second-order valence-electron chi connectivity index (χ2n) is 16.0. The maximum absolute atomic E-state index is 6.48. The molecule has 8 aromatic carbocycles. The quantitative estimate of drug-likeness (QED) is 0.168. The molecule has 0 saturated heterocycles. The Labute approximate surface area is 332 Å². The highest BCUT2D eigenvalue weighted by Crippen LogP contribution is 2.37. The zero-order valence-electron chi connectivity index (χ0n) is 31.8. The molecule has 0 radical (unpaired) electrons. The lowest BCUT2D eigenvalue weighted by Gasteiger charge is -2.24. The number of benzene rings is 8. The molecule has 0 fully saturated rings. The molecule has 0 aliphatic rings. The normalized spacial score (nSPS) is 12.7. The van der Waals surface area contributed by atoms with Gasteiger partial charge in [-0.2, -0.15) is 0 Å². The number of hydrogen-bond donors (Lipinski definition) is 0. The van der Waals surface area contributed by atoms with Crippen molar-refractivity contribution in [1.29, 1.82) is 0 Å². The molecule has 5 heterocycles. The third-order valence-corrected chi connectivity index (χ3v) is 16.1. The molecule has 0 N–H and O–H groups in total. The second-order valence-corrected chi connectivity index (χ2v) is 20.4. The van der Waals surface area contributed by atoms with E-state index in [1.54, 1.807) is 0 Å². The first-order valence-corrected chi connectivity index (χ1v) is 22.8. The van der Waals surface area contributed by atoms with Gasteiger partial charge in [0.2, 0.25) is 5.78 Å². The first-order valence-electron chi connectivity index (χ1n) is 19.8. The van der Waals surface area contributed by atoms with E-state index in [4.69, 9.17) is 13.8 Å². The summed E-state index contributed by atoms with van der Waals surface area (Å²) in [7, 11) is -2.22. The summed E-state index contributed by atoms with van der Waals surface area (Å²) in [6, 6.07) is 61.0. The summed E-state index contributed by atoms with van der Waals surface area (Å²) in [6.45, 7) is 4.89. The van der Waals surface area contributed by atoms with Gasteiger partial charge < -0.3 is 13.4 Å². The molecule has 7 heteroatoms. The largest absolute Gasteiger partial charge is 0.456 e. The molecule has 5 aromatic heterocycles. The lowest BCUT2D eigenvalue weighted by molar-refractivity contribution is 0.668. The van der Waals surface area contributed by atoms with E-state index in [0.29, 0.717) is 0 Å². The minimum Gasteiger partial charge on any atom is -0.456 e. The van der Waals surface area contributed by atoms with Crippen LogP contribution in [0, 0.1) is 0 Å². The molecule has 13 aromatic rings. The van der Waals surface area contributed by atoms with Crippen molar-refractivity contribution in [1.82, 2.24) is 18.5 Å². The van der Waals surface area contributed by atoms with Crippen molar-refractivity contribution in [3.05, 3.63) is 170 Å². The fraction of sp³-hybridized carbons (Fsp3) is 0.0392. The Morgan fingerprint density at radius 1 is 0.397 bits per heavy atom. The van der Waals surface area contributed by atoms with E-state index in [2.05, 4.69) is 190 Å². The number of imidazole rings is 2. The summed E-state index contributed by atoms with van der Waals surface area (Å²) in [5.41, 5.74) is 12.5. The highest BCUT2D eigenvalue weighted by atomic mass is 28.3. The van der Waals surface area contributed by atoms with Gasteiger partial charge in [0.1, 0.15) is 30.4 Å². The van der Waals surface area contributed by atoms with E-state index in [-0.39, 0.29) is 0 Å². The van der Waals surface area contributed by atoms with Gasteiger partial charge in [-0.1, -0.05) is 108 Å². The lowest BCUT2D eigenvalue weighted by atomic mass is 10.1. The Balaban J connectivity index is 0.945. The minimum atomic E-state index is -2.22. The van der Waals surface area contributed by atoms with Gasteiger partial charge in [0.25, 0.3) is 0 Å². The van der Waals surface area contributed by atoms with Crippen molar-refractivity contribution in [2.45, 2.75) is 13.1 Å². The van der Waals surface area contributed by atoms with Crippen LogP contribution in [-0.2, 0) is 0 Å². The predicted molar refractivity (Wildman–Crippen MR) is 242 cm³/mol. The number of rotatable bonds is 4. The Morgan fingerprint density at radius 2 is 0.845 bits per heavy atom.